The lowest BCUT2D eigenvalue weighted by Crippen LogP contribution is -2.15. The Balaban J connectivity index is 1.51. The number of nitrogens with one attached hydrogen (secondary N) is 2. The molecular weight excluding hydrogens is 368 g/mol. The number of anilines is 3. The Labute approximate surface area is 170 Å². The Morgan fingerprint density at radius 3 is 2.24 bits per heavy atom. The highest BCUT2D eigenvalue weighted by Gasteiger charge is 2.07. The van der Waals surface area contributed by atoms with E-state index in [4.69, 9.17) is 14.2 Å². The quantitative estimate of drug-likeness (QED) is 0.545. The van der Waals surface area contributed by atoms with Crippen molar-refractivity contribution >= 4 is 23.0 Å². The molecule has 2 N–H and O–H groups in total. The fourth-order valence-electron chi connectivity index (χ4n) is 2.70. The molecule has 3 aromatic carbocycles. The van der Waals surface area contributed by atoms with Gasteiger partial charge in [0, 0.05) is 17.4 Å². The number of rotatable bonds is 9. The molecule has 0 aliphatic heterocycles. The van der Waals surface area contributed by atoms with Crippen molar-refractivity contribution in [2.75, 3.05) is 31.5 Å². The van der Waals surface area contributed by atoms with E-state index < -0.39 is 0 Å². The average molecular weight is 392 g/mol. The molecule has 0 aromatic heterocycles. The van der Waals surface area contributed by atoms with Crippen LogP contribution in [0.5, 0.6) is 17.2 Å². The Morgan fingerprint density at radius 1 is 0.828 bits per heavy atom. The molecule has 3 aromatic rings. The Kier molecular flexibility index (Phi) is 6.95. The molecule has 0 saturated carbocycles. The summed E-state index contributed by atoms with van der Waals surface area (Å²) in [6, 6.07) is 22.5. The van der Waals surface area contributed by atoms with E-state index in [2.05, 4.69) is 10.6 Å². The summed E-state index contributed by atoms with van der Waals surface area (Å²) in [6.45, 7) is 0.326. The molecule has 6 nitrogen and oxygen atoms in total. The maximum atomic E-state index is 12.1. The molecule has 0 heterocycles. The second kappa shape index (κ2) is 10.0. The monoisotopic (exact) mass is 392 g/mol. The standard InChI is InChI=1S/C23H24N2O4/c1-27-20-12-13-21(22(16-20)28-2)24-17-8-10-18(11-9-17)25-23(26)14-15-29-19-6-4-3-5-7-19/h3-13,16,24H,14-15H2,1-2H3,(H,25,26). The zero-order chi connectivity index (χ0) is 20.5. The minimum absolute atomic E-state index is 0.0986. The van der Waals surface area contributed by atoms with Crippen LogP contribution >= 0.6 is 0 Å². The van der Waals surface area contributed by atoms with Crippen LogP contribution in [0.2, 0.25) is 0 Å². The van der Waals surface area contributed by atoms with Crippen LogP contribution in [0.1, 0.15) is 6.42 Å². The Hall–Kier alpha value is -3.67. The highest BCUT2D eigenvalue weighted by molar-refractivity contribution is 5.91. The number of benzene rings is 3. The first-order valence-electron chi connectivity index (χ1n) is 9.25. The average Bonchev–Trinajstić information content (AvgIpc) is 2.76. The smallest absolute Gasteiger partial charge is 0.227 e. The summed E-state index contributed by atoms with van der Waals surface area (Å²) in [7, 11) is 3.22. The zero-order valence-electron chi connectivity index (χ0n) is 16.5. The number of hydrogen-bond donors (Lipinski definition) is 2. The van der Waals surface area contributed by atoms with Gasteiger partial charge in [-0.1, -0.05) is 18.2 Å². The maximum Gasteiger partial charge on any atom is 0.227 e. The van der Waals surface area contributed by atoms with Crippen LogP contribution in [-0.4, -0.2) is 26.7 Å². The van der Waals surface area contributed by atoms with Gasteiger partial charge in [0.2, 0.25) is 5.91 Å². The molecule has 3 rings (SSSR count). The molecule has 0 aliphatic rings. The van der Waals surface area contributed by atoms with Crippen molar-refractivity contribution < 1.29 is 19.0 Å². The predicted molar refractivity (Wildman–Crippen MR) is 114 cm³/mol. The van der Waals surface area contributed by atoms with E-state index in [-0.39, 0.29) is 12.3 Å². The molecule has 0 aliphatic carbocycles. The van der Waals surface area contributed by atoms with Crippen LogP contribution in [-0.2, 0) is 4.79 Å². The van der Waals surface area contributed by atoms with E-state index in [0.717, 1.165) is 28.6 Å². The second-order valence-electron chi connectivity index (χ2n) is 6.23. The first kappa shape index (κ1) is 20.1. The molecule has 0 radical (unpaired) electrons. The number of carbonyl (C=O) groups excluding carboxylic acids is 1. The van der Waals surface area contributed by atoms with Gasteiger partial charge in [0.1, 0.15) is 17.2 Å². The van der Waals surface area contributed by atoms with Gasteiger partial charge >= 0.3 is 0 Å². The van der Waals surface area contributed by atoms with Gasteiger partial charge in [-0.2, -0.15) is 0 Å². The number of methoxy groups -OCH3 is 2. The number of ether oxygens (including phenoxy) is 3. The molecule has 0 saturated heterocycles. The first-order valence-corrected chi connectivity index (χ1v) is 9.25. The van der Waals surface area contributed by atoms with E-state index in [1.807, 2.05) is 72.8 Å². The number of para-hydroxylation sites is 1. The van der Waals surface area contributed by atoms with Crippen LogP contribution in [0.25, 0.3) is 0 Å². The molecule has 150 valence electrons. The summed E-state index contributed by atoms with van der Waals surface area (Å²) in [5.41, 5.74) is 2.42. The number of amides is 1. The van der Waals surface area contributed by atoms with E-state index in [9.17, 15) is 4.79 Å². The van der Waals surface area contributed by atoms with Gasteiger partial charge < -0.3 is 24.8 Å². The molecule has 0 spiro atoms. The van der Waals surface area contributed by atoms with Crippen LogP contribution < -0.4 is 24.8 Å². The highest BCUT2D eigenvalue weighted by Crippen LogP contribution is 2.31. The normalized spacial score (nSPS) is 10.1. The molecule has 0 fully saturated rings. The summed E-state index contributed by atoms with van der Waals surface area (Å²) in [4.78, 5) is 12.1. The lowest BCUT2D eigenvalue weighted by molar-refractivity contribution is -0.116. The summed E-state index contributed by atoms with van der Waals surface area (Å²) in [6.07, 6.45) is 0.276. The van der Waals surface area contributed by atoms with Gasteiger partial charge in [0.05, 0.1) is 32.9 Å². The summed E-state index contributed by atoms with van der Waals surface area (Å²) < 4.78 is 16.2. The summed E-state index contributed by atoms with van der Waals surface area (Å²) in [5, 5.41) is 6.16. The summed E-state index contributed by atoms with van der Waals surface area (Å²) in [5.74, 6) is 2.06. The summed E-state index contributed by atoms with van der Waals surface area (Å²) >= 11 is 0. The zero-order valence-corrected chi connectivity index (χ0v) is 16.5. The van der Waals surface area contributed by atoms with Crippen molar-refractivity contribution in [2.45, 2.75) is 6.42 Å². The highest BCUT2D eigenvalue weighted by atomic mass is 16.5. The van der Waals surface area contributed by atoms with Gasteiger partial charge in [-0.15, -0.1) is 0 Å². The van der Waals surface area contributed by atoms with Crippen LogP contribution in [0, 0.1) is 0 Å². The third-order valence-corrected chi connectivity index (χ3v) is 4.20. The van der Waals surface area contributed by atoms with Crippen LogP contribution in [0.3, 0.4) is 0 Å². The van der Waals surface area contributed by atoms with Gasteiger partial charge in [0.25, 0.3) is 0 Å². The second-order valence-corrected chi connectivity index (χ2v) is 6.23. The minimum atomic E-state index is -0.0986. The number of carbonyl (C=O) groups is 1. The van der Waals surface area contributed by atoms with Gasteiger partial charge in [-0.25, -0.2) is 0 Å². The molecular formula is C23H24N2O4. The SMILES string of the molecule is COc1ccc(Nc2ccc(NC(=O)CCOc3ccccc3)cc2)c(OC)c1. The van der Waals surface area contributed by atoms with Gasteiger partial charge in [-0.05, 0) is 48.5 Å². The van der Waals surface area contributed by atoms with Crippen molar-refractivity contribution in [3.05, 3.63) is 72.8 Å². The molecule has 29 heavy (non-hydrogen) atoms. The molecule has 0 atom stereocenters. The van der Waals surface area contributed by atoms with Crippen LogP contribution in [0.4, 0.5) is 17.1 Å². The first-order chi connectivity index (χ1) is 14.2. The van der Waals surface area contributed by atoms with E-state index in [1.54, 1.807) is 14.2 Å². The fourth-order valence-corrected chi connectivity index (χ4v) is 2.70. The van der Waals surface area contributed by atoms with E-state index in [1.165, 1.54) is 0 Å². The van der Waals surface area contributed by atoms with E-state index in [0.29, 0.717) is 12.4 Å². The molecule has 0 unspecified atom stereocenters. The molecule has 1 amide bonds. The van der Waals surface area contributed by atoms with Crippen LogP contribution in [0.15, 0.2) is 72.8 Å². The molecule has 6 heteroatoms. The lowest BCUT2D eigenvalue weighted by Gasteiger charge is -2.13. The maximum absolute atomic E-state index is 12.1. The van der Waals surface area contributed by atoms with Crippen molar-refractivity contribution in [1.29, 1.82) is 0 Å². The van der Waals surface area contributed by atoms with Crippen molar-refractivity contribution in [3.63, 3.8) is 0 Å². The largest absolute Gasteiger partial charge is 0.497 e. The Morgan fingerprint density at radius 2 is 1.55 bits per heavy atom. The van der Waals surface area contributed by atoms with Gasteiger partial charge in [0.15, 0.2) is 0 Å². The molecule has 0 bridgehead atoms. The fraction of sp³-hybridized carbons (Fsp3) is 0.174. The number of hydrogen-bond acceptors (Lipinski definition) is 5. The Bertz CT molecular complexity index is 927. The van der Waals surface area contributed by atoms with E-state index >= 15 is 0 Å². The predicted octanol–water partition coefficient (Wildman–Crippen LogP) is 4.86. The van der Waals surface area contributed by atoms with Gasteiger partial charge in [-0.3, -0.25) is 4.79 Å². The third kappa shape index (κ3) is 5.90. The third-order valence-electron chi connectivity index (χ3n) is 4.20. The van der Waals surface area contributed by atoms with Crippen molar-refractivity contribution in [2.24, 2.45) is 0 Å². The topological polar surface area (TPSA) is 68.8 Å². The minimum Gasteiger partial charge on any atom is -0.497 e. The van der Waals surface area contributed by atoms with Crippen molar-refractivity contribution in [3.8, 4) is 17.2 Å². The lowest BCUT2D eigenvalue weighted by atomic mass is 10.2. The van der Waals surface area contributed by atoms with Crippen molar-refractivity contribution in [1.82, 2.24) is 0 Å².